The molecule has 0 saturated carbocycles. The molecule has 0 heterocycles. The molecule has 2 nitrogen and oxygen atoms in total. The van der Waals surface area contributed by atoms with E-state index in [1.807, 2.05) is 0 Å². The first-order valence-corrected chi connectivity index (χ1v) is 6.25. The third-order valence-corrected chi connectivity index (χ3v) is 4.05. The van der Waals surface area contributed by atoms with Crippen molar-refractivity contribution in [2.45, 2.75) is 9.79 Å². The molecule has 0 saturated heterocycles. The van der Waals surface area contributed by atoms with E-state index in [0.29, 0.717) is 0 Å². The first kappa shape index (κ1) is 11.7. The van der Waals surface area contributed by atoms with E-state index in [0.717, 1.165) is 30.3 Å². The topological polar surface area (TPSA) is 34.1 Å². The van der Waals surface area contributed by atoms with Crippen LogP contribution in [-0.4, -0.2) is 8.42 Å². The minimum absolute atomic E-state index is 0.135. The number of halogens is 2. The molecule has 0 aliphatic rings. The zero-order valence-electron chi connectivity index (χ0n) is 8.60. The summed E-state index contributed by atoms with van der Waals surface area (Å²) in [5.74, 6) is -1.37. The summed E-state index contributed by atoms with van der Waals surface area (Å²) in [6.07, 6.45) is 0. The zero-order chi connectivity index (χ0) is 12.5. The monoisotopic (exact) mass is 254 g/mol. The summed E-state index contributed by atoms with van der Waals surface area (Å²) in [6, 6.07) is 9.33. The average molecular weight is 254 g/mol. The van der Waals surface area contributed by atoms with E-state index in [9.17, 15) is 17.2 Å². The highest BCUT2D eigenvalue weighted by atomic mass is 32.2. The number of hydrogen-bond donors (Lipinski definition) is 0. The van der Waals surface area contributed by atoms with E-state index < -0.39 is 26.4 Å². The first-order chi connectivity index (χ1) is 8.01. The van der Waals surface area contributed by atoms with Crippen LogP contribution < -0.4 is 0 Å². The Morgan fingerprint density at radius 3 is 2.00 bits per heavy atom. The van der Waals surface area contributed by atoms with Crippen LogP contribution in [0.3, 0.4) is 0 Å². The van der Waals surface area contributed by atoms with Crippen molar-refractivity contribution in [2.75, 3.05) is 0 Å². The van der Waals surface area contributed by atoms with Crippen LogP contribution in [0.4, 0.5) is 8.78 Å². The van der Waals surface area contributed by atoms with Crippen LogP contribution >= 0.6 is 0 Å². The van der Waals surface area contributed by atoms with Gasteiger partial charge in [-0.3, -0.25) is 0 Å². The molecule has 0 unspecified atom stereocenters. The lowest BCUT2D eigenvalue weighted by atomic mass is 10.3. The second kappa shape index (κ2) is 4.25. The summed E-state index contributed by atoms with van der Waals surface area (Å²) in [4.78, 5) is -0.546. The summed E-state index contributed by atoms with van der Waals surface area (Å²) in [5.41, 5.74) is 0. The van der Waals surface area contributed by atoms with E-state index in [1.165, 1.54) is 18.2 Å². The average Bonchev–Trinajstić information content (AvgIpc) is 2.30. The van der Waals surface area contributed by atoms with Crippen molar-refractivity contribution in [1.29, 1.82) is 0 Å². The van der Waals surface area contributed by atoms with E-state index in [-0.39, 0.29) is 4.90 Å². The van der Waals surface area contributed by atoms with Crippen molar-refractivity contribution in [3.63, 3.8) is 0 Å². The third kappa shape index (κ3) is 2.19. The Hall–Kier alpha value is -1.75. The number of rotatable bonds is 2. The van der Waals surface area contributed by atoms with Crippen LogP contribution in [0.5, 0.6) is 0 Å². The fourth-order valence-electron chi connectivity index (χ4n) is 1.40. The van der Waals surface area contributed by atoms with Crippen molar-refractivity contribution >= 4 is 9.84 Å². The van der Waals surface area contributed by atoms with Crippen molar-refractivity contribution in [3.8, 4) is 0 Å². The molecular formula is C12H8F2O2S. The Bertz CT molecular complexity index is 634. The largest absolute Gasteiger partial charge is 0.218 e. The zero-order valence-corrected chi connectivity index (χ0v) is 9.42. The van der Waals surface area contributed by atoms with Gasteiger partial charge in [-0.25, -0.2) is 17.2 Å². The van der Waals surface area contributed by atoms with Gasteiger partial charge >= 0.3 is 0 Å². The lowest BCUT2D eigenvalue weighted by molar-refractivity contribution is 0.566. The van der Waals surface area contributed by atoms with E-state index in [1.54, 1.807) is 0 Å². The molecule has 0 aliphatic carbocycles. The van der Waals surface area contributed by atoms with Crippen molar-refractivity contribution in [1.82, 2.24) is 0 Å². The van der Waals surface area contributed by atoms with Gasteiger partial charge in [-0.2, -0.15) is 0 Å². The number of hydrogen-bond acceptors (Lipinski definition) is 2. The second-order valence-electron chi connectivity index (χ2n) is 3.39. The molecule has 0 N–H and O–H groups in total. The molecular weight excluding hydrogens is 246 g/mol. The second-order valence-corrected chi connectivity index (χ2v) is 5.31. The van der Waals surface area contributed by atoms with Crippen LogP contribution in [0, 0.1) is 11.6 Å². The molecule has 0 amide bonds. The van der Waals surface area contributed by atoms with Gasteiger partial charge in [0, 0.05) is 0 Å². The molecule has 17 heavy (non-hydrogen) atoms. The molecule has 0 bridgehead atoms. The van der Waals surface area contributed by atoms with Gasteiger partial charge < -0.3 is 0 Å². The Kier molecular flexibility index (Phi) is 2.93. The van der Waals surface area contributed by atoms with Gasteiger partial charge in [-0.1, -0.05) is 12.1 Å². The van der Waals surface area contributed by atoms with Crippen molar-refractivity contribution in [2.24, 2.45) is 0 Å². The maximum absolute atomic E-state index is 13.4. The van der Waals surface area contributed by atoms with Gasteiger partial charge in [0.15, 0.2) is 0 Å². The molecule has 88 valence electrons. The lowest BCUT2D eigenvalue weighted by Crippen LogP contribution is -2.04. The highest BCUT2D eigenvalue weighted by Gasteiger charge is 2.20. The minimum Gasteiger partial charge on any atom is -0.218 e. The van der Waals surface area contributed by atoms with E-state index in [2.05, 4.69) is 0 Å². The highest BCUT2D eigenvalue weighted by Crippen LogP contribution is 2.23. The van der Waals surface area contributed by atoms with Crippen molar-refractivity contribution < 1.29 is 17.2 Å². The van der Waals surface area contributed by atoms with E-state index >= 15 is 0 Å². The molecule has 2 aromatic carbocycles. The first-order valence-electron chi connectivity index (χ1n) is 4.77. The molecule has 0 atom stereocenters. The normalized spacial score (nSPS) is 11.4. The summed E-state index contributed by atoms with van der Waals surface area (Å²) < 4.78 is 50.1. The molecule has 2 rings (SSSR count). The fourth-order valence-corrected chi connectivity index (χ4v) is 2.73. The maximum Gasteiger partial charge on any atom is 0.209 e. The molecule has 5 heteroatoms. The van der Waals surface area contributed by atoms with Crippen molar-refractivity contribution in [3.05, 3.63) is 60.2 Å². The molecule has 0 radical (unpaired) electrons. The number of sulfone groups is 1. The quantitative estimate of drug-likeness (QED) is 0.772. The predicted octanol–water partition coefficient (Wildman–Crippen LogP) is 2.80. The Morgan fingerprint density at radius 1 is 0.824 bits per heavy atom. The number of benzene rings is 2. The van der Waals surface area contributed by atoms with Crippen LogP contribution in [0.1, 0.15) is 0 Å². The molecule has 0 spiro atoms. The maximum atomic E-state index is 13.4. The minimum atomic E-state index is -3.93. The van der Waals surface area contributed by atoms with Gasteiger partial charge in [0.2, 0.25) is 9.84 Å². The van der Waals surface area contributed by atoms with Gasteiger partial charge in [0.05, 0.1) is 4.90 Å². The Morgan fingerprint density at radius 2 is 1.41 bits per heavy atom. The standard InChI is InChI=1S/C12H8F2O2S/c13-9-5-7-10(8-6-9)17(15,16)12-4-2-1-3-11(12)14/h1-8H. The van der Waals surface area contributed by atoms with Crippen LogP contribution in [-0.2, 0) is 9.84 Å². The van der Waals surface area contributed by atoms with Crippen LogP contribution in [0.25, 0.3) is 0 Å². The highest BCUT2D eigenvalue weighted by molar-refractivity contribution is 7.91. The van der Waals surface area contributed by atoms with Crippen LogP contribution in [0.2, 0.25) is 0 Å². The third-order valence-electron chi connectivity index (χ3n) is 2.25. The van der Waals surface area contributed by atoms with E-state index in [4.69, 9.17) is 0 Å². The van der Waals surface area contributed by atoms with Gasteiger partial charge in [-0.05, 0) is 36.4 Å². The van der Waals surface area contributed by atoms with Gasteiger partial charge in [-0.15, -0.1) is 0 Å². The lowest BCUT2D eigenvalue weighted by Gasteiger charge is -2.05. The SMILES string of the molecule is O=S(=O)(c1ccc(F)cc1)c1ccccc1F. The molecule has 0 aromatic heterocycles. The summed E-state index contributed by atoms with van der Waals surface area (Å²) in [7, 11) is -3.93. The summed E-state index contributed by atoms with van der Waals surface area (Å²) >= 11 is 0. The Labute approximate surface area is 97.4 Å². The predicted molar refractivity (Wildman–Crippen MR) is 58.3 cm³/mol. The molecule has 0 fully saturated rings. The van der Waals surface area contributed by atoms with Gasteiger partial charge in [0.25, 0.3) is 0 Å². The van der Waals surface area contributed by atoms with Crippen LogP contribution in [0.15, 0.2) is 58.3 Å². The summed E-state index contributed by atoms with van der Waals surface area (Å²) in [6.45, 7) is 0. The Balaban J connectivity index is 2.58. The molecule has 2 aromatic rings. The smallest absolute Gasteiger partial charge is 0.209 e. The molecule has 0 aliphatic heterocycles. The van der Waals surface area contributed by atoms with Gasteiger partial charge in [0.1, 0.15) is 16.5 Å². The summed E-state index contributed by atoms with van der Waals surface area (Å²) in [5, 5.41) is 0. The fraction of sp³-hybridized carbons (Fsp3) is 0.